The molecule has 3 aromatic rings. The molecule has 32 heavy (non-hydrogen) atoms. The second-order valence-corrected chi connectivity index (χ2v) is 8.06. The van der Waals surface area contributed by atoms with Crippen LogP contribution in [0.2, 0.25) is 0 Å². The zero-order valence-electron chi connectivity index (χ0n) is 17.4. The van der Waals surface area contributed by atoms with Gasteiger partial charge < -0.3 is 10.2 Å². The van der Waals surface area contributed by atoms with Crippen molar-refractivity contribution in [3.63, 3.8) is 0 Å². The molecule has 9 heteroatoms. The molecule has 1 saturated heterocycles. The van der Waals surface area contributed by atoms with Crippen LogP contribution in [0.1, 0.15) is 44.8 Å². The zero-order valence-corrected chi connectivity index (χ0v) is 17.4. The average Bonchev–Trinajstić information content (AvgIpc) is 3.29. The highest BCUT2D eigenvalue weighted by Crippen LogP contribution is 2.28. The first-order valence-corrected chi connectivity index (χ1v) is 10.4. The summed E-state index contributed by atoms with van der Waals surface area (Å²) < 4.78 is 1.68. The van der Waals surface area contributed by atoms with Gasteiger partial charge in [0.05, 0.1) is 5.52 Å². The first-order valence-electron chi connectivity index (χ1n) is 10.4. The third kappa shape index (κ3) is 3.31. The third-order valence-corrected chi connectivity index (χ3v) is 6.01. The molecule has 0 saturated carbocycles. The van der Waals surface area contributed by atoms with Gasteiger partial charge in [0.1, 0.15) is 6.04 Å². The van der Waals surface area contributed by atoms with Crippen LogP contribution >= 0.6 is 0 Å². The number of carbonyl (C=O) groups is 4. The molecule has 1 atom stereocenters. The molecule has 0 aliphatic carbocycles. The molecule has 1 fully saturated rings. The summed E-state index contributed by atoms with van der Waals surface area (Å²) in [5.74, 6) is -1.24. The van der Waals surface area contributed by atoms with Gasteiger partial charge in [0.15, 0.2) is 5.69 Å². The van der Waals surface area contributed by atoms with E-state index in [1.54, 1.807) is 23.9 Å². The molecule has 1 aromatic heterocycles. The Hall–Kier alpha value is -4.01. The number of rotatable bonds is 4. The molecule has 0 radical (unpaired) electrons. The topological polar surface area (TPSA) is 113 Å². The van der Waals surface area contributed by atoms with Crippen LogP contribution < -0.4 is 10.6 Å². The molecule has 0 spiro atoms. The number of nitrogens with zero attached hydrogens (tertiary/aromatic N) is 3. The number of para-hydroxylation sites is 1. The Morgan fingerprint density at radius 2 is 2.00 bits per heavy atom. The Morgan fingerprint density at radius 1 is 1.19 bits per heavy atom. The van der Waals surface area contributed by atoms with Gasteiger partial charge in [0.2, 0.25) is 11.8 Å². The van der Waals surface area contributed by atoms with Crippen molar-refractivity contribution < 1.29 is 19.2 Å². The minimum absolute atomic E-state index is 0.218. The van der Waals surface area contributed by atoms with Crippen LogP contribution in [-0.2, 0) is 29.7 Å². The Balaban J connectivity index is 1.30. The fourth-order valence-electron chi connectivity index (χ4n) is 4.39. The van der Waals surface area contributed by atoms with Crippen LogP contribution in [-0.4, -0.2) is 44.4 Å². The van der Waals surface area contributed by atoms with Crippen LogP contribution in [0.5, 0.6) is 0 Å². The molecule has 4 amide bonds. The van der Waals surface area contributed by atoms with Crippen molar-refractivity contribution in [3.05, 3.63) is 64.8 Å². The van der Waals surface area contributed by atoms with E-state index in [2.05, 4.69) is 15.7 Å². The maximum Gasteiger partial charge on any atom is 0.272 e. The largest absolute Gasteiger partial charge is 0.347 e. The van der Waals surface area contributed by atoms with Crippen LogP contribution in [0.4, 0.5) is 0 Å². The van der Waals surface area contributed by atoms with Crippen molar-refractivity contribution in [3.8, 4) is 0 Å². The maximum absolute atomic E-state index is 12.8. The molecule has 1 unspecified atom stereocenters. The van der Waals surface area contributed by atoms with Crippen molar-refractivity contribution >= 4 is 34.5 Å². The Morgan fingerprint density at radius 3 is 2.81 bits per heavy atom. The molecule has 9 nitrogen and oxygen atoms in total. The van der Waals surface area contributed by atoms with Gasteiger partial charge in [-0.25, -0.2) is 0 Å². The Labute approximate surface area is 183 Å². The standard InChI is InChI=1S/C23H21N5O4/c1-27-17-5-3-2-4-16(17)20(26-27)22(31)24-11-13-6-7-15-14(10-13)12-28(23(15)32)18-8-9-19(29)25-21(18)30/h2-7,10,18H,8-9,11-12H2,1H3,(H,24,31)(H,25,29,30). The molecular weight excluding hydrogens is 410 g/mol. The summed E-state index contributed by atoms with van der Waals surface area (Å²) in [4.78, 5) is 50.6. The van der Waals surface area contributed by atoms with Gasteiger partial charge >= 0.3 is 0 Å². The normalized spacial score (nSPS) is 18.1. The first-order chi connectivity index (χ1) is 15.4. The van der Waals surface area contributed by atoms with E-state index in [1.807, 2.05) is 30.3 Å². The van der Waals surface area contributed by atoms with E-state index in [1.165, 1.54) is 4.90 Å². The third-order valence-electron chi connectivity index (χ3n) is 6.01. The molecule has 3 heterocycles. The van der Waals surface area contributed by atoms with Gasteiger partial charge in [-0.15, -0.1) is 0 Å². The fourth-order valence-corrected chi connectivity index (χ4v) is 4.39. The lowest BCUT2D eigenvalue weighted by atomic mass is 10.0. The fraction of sp³-hybridized carbons (Fsp3) is 0.261. The number of benzene rings is 2. The smallest absolute Gasteiger partial charge is 0.272 e. The van der Waals surface area contributed by atoms with Crippen molar-refractivity contribution in [1.82, 2.24) is 25.3 Å². The van der Waals surface area contributed by atoms with E-state index in [0.717, 1.165) is 22.0 Å². The number of piperidine rings is 1. The van der Waals surface area contributed by atoms with Gasteiger partial charge in [0, 0.05) is 37.5 Å². The van der Waals surface area contributed by atoms with Gasteiger partial charge in [-0.05, 0) is 29.7 Å². The predicted octanol–water partition coefficient (Wildman–Crippen LogP) is 1.26. The van der Waals surface area contributed by atoms with E-state index in [4.69, 9.17) is 0 Å². The van der Waals surface area contributed by atoms with Crippen molar-refractivity contribution in [2.75, 3.05) is 0 Å². The van der Waals surface area contributed by atoms with Gasteiger partial charge in [-0.1, -0.05) is 30.3 Å². The summed E-state index contributed by atoms with van der Waals surface area (Å²) >= 11 is 0. The van der Waals surface area contributed by atoms with Gasteiger partial charge in [0.25, 0.3) is 11.8 Å². The summed E-state index contributed by atoms with van der Waals surface area (Å²) in [5, 5.41) is 10.3. The number of carbonyl (C=O) groups excluding carboxylic acids is 4. The lowest BCUT2D eigenvalue weighted by Crippen LogP contribution is -2.52. The average molecular weight is 431 g/mol. The molecule has 5 rings (SSSR count). The summed E-state index contributed by atoms with van der Waals surface area (Å²) in [6, 6.07) is 12.3. The van der Waals surface area contributed by atoms with E-state index < -0.39 is 11.9 Å². The molecular formula is C23H21N5O4. The van der Waals surface area contributed by atoms with E-state index in [0.29, 0.717) is 24.2 Å². The number of hydrogen-bond acceptors (Lipinski definition) is 5. The number of amides is 4. The van der Waals surface area contributed by atoms with Gasteiger partial charge in [-0.2, -0.15) is 5.10 Å². The highest BCUT2D eigenvalue weighted by atomic mass is 16.2. The van der Waals surface area contributed by atoms with Crippen LogP contribution in [0, 0.1) is 0 Å². The second-order valence-electron chi connectivity index (χ2n) is 8.06. The van der Waals surface area contributed by atoms with E-state index in [-0.39, 0.29) is 30.7 Å². The predicted molar refractivity (Wildman–Crippen MR) is 114 cm³/mol. The number of aryl methyl sites for hydroxylation is 1. The first kappa shape index (κ1) is 19.9. The summed E-state index contributed by atoms with van der Waals surface area (Å²) in [6.45, 7) is 0.580. The number of imide groups is 1. The summed E-state index contributed by atoms with van der Waals surface area (Å²) in [5.41, 5.74) is 3.43. The SMILES string of the molecule is Cn1nc(C(=O)NCc2ccc3c(c2)CN(C2CCC(=O)NC2=O)C3=O)c2ccccc21. The molecule has 162 valence electrons. The molecule has 2 aliphatic heterocycles. The minimum Gasteiger partial charge on any atom is -0.347 e. The number of aromatic nitrogens is 2. The highest BCUT2D eigenvalue weighted by Gasteiger charge is 2.39. The highest BCUT2D eigenvalue weighted by molar-refractivity contribution is 6.06. The summed E-state index contributed by atoms with van der Waals surface area (Å²) in [6.07, 6.45) is 0.543. The quantitative estimate of drug-likeness (QED) is 0.604. The monoisotopic (exact) mass is 431 g/mol. The Bertz CT molecular complexity index is 1290. The number of fused-ring (bicyclic) bond motifs is 2. The maximum atomic E-state index is 12.8. The molecule has 2 aromatic carbocycles. The molecule has 2 N–H and O–H groups in total. The lowest BCUT2D eigenvalue weighted by molar-refractivity contribution is -0.136. The van der Waals surface area contributed by atoms with E-state index in [9.17, 15) is 19.2 Å². The van der Waals surface area contributed by atoms with Crippen LogP contribution in [0.25, 0.3) is 10.9 Å². The van der Waals surface area contributed by atoms with Crippen molar-refractivity contribution in [1.29, 1.82) is 0 Å². The van der Waals surface area contributed by atoms with Gasteiger partial charge in [-0.3, -0.25) is 29.2 Å². The number of hydrogen-bond donors (Lipinski definition) is 2. The van der Waals surface area contributed by atoms with Crippen molar-refractivity contribution in [2.24, 2.45) is 7.05 Å². The Kier molecular flexibility index (Phi) is 4.73. The molecule has 2 aliphatic rings. The second kappa shape index (κ2) is 7.60. The van der Waals surface area contributed by atoms with Crippen molar-refractivity contribution in [2.45, 2.75) is 32.0 Å². The van der Waals surface area contributed by atoms with E-state index >= 15 is 0 Å². The zero-order chi connectivity index (χ0) is 22.4. The number of nitrogens with one attached hydrogen (secondary N) is 2. The minimum atomic E-state index is -0.645. The molecule has 0 bridgehead atoms. The summed E-state index contributed by atoms with van der Waals surface area (Å²) in [7, 11) is 1.80. The van der Waals surface area contributed by atoms with Crippen LogP contribution in [0.3, 0.4) is 0 Å². The lowest BCUT2D eigenvalue weighted by Gasteiger charge is -2.29. The van der Waals surface area contributed by atoms with Crippen LogP contribution in [0.15, 0.2) is 42.5 Å².